The predicted octanol–water partition coefficient (Wildman–Crippen LogP) is 2.47. The highest BCUT2D eigenvalue weighted by molar-refractivity contribution is 7.89. The fourth-order valence-electron chi connectivity index (χ4n) is 3.04. The highest BCUT2D eigenvalue weighted by atomic mass is 32.2. The Hall–Kier alpha value is -2.38. The molecule has 1 aliphatic rings. The van der Waals surface area contributed by atoms with Gasteiger partial charge in [-0.15, -0.1) is 0 Å². The van der Waals surface area contributed by atoms with Gasteiger partial charge >= 0.3 is 0 Å². The third kappa shape index (κ3) is 3.73. The summed E-state index contributed by atoms with van der Waals surface area (Å²) in [5.41, 5.74) is 2.51. The van der Waals surface area contributed by atoms with Crippen LogP contribution in [0.1, 0.15) is 24.5 Å². The summed E-state index contributed by atoms with van der Waals surface area (Å²) in [6, 6.07) is 12.2. The summed E-state index contributed by atoms with van der Waals surface area (Å²) < 4.78 is 33.0. The molecule has 0 radical (unpaired) electrons. The molecule has 7 heteroatoms. The molecule has 2 aromatic carbocycles. The number of carbonyl (C=O) groups excluding carboxylic acids is 1. The number of sulfonamides is 1. The average Bonchev–Trinajstić information content (AvgIpc) is 3.09. The first-order valence-electron chi connectivity index (χ1n) is 8.50. The molecule has 1 heterocycles. The molecular formula is C19H22N2O4S. The molecule has 0 aromatic heterocycles. The van der Waals surface area contributed by atoms with Gasteiger partial charge in [0.2, 0.25) is 15.9 Å². The maximum Gasteiger partial charge on any atom is 0.240 e. The van der Waals surface area contributed by atoms with Gasteiger partial charge in [0.1, 0.15) is 5.75 Å². The molecule has 0 saturated carbocycles. The number of amides is 1. The molecule has 1 amide bonds. The number of carbonyl (C=O) groups is 1. The van der Waals surface area contributed by atoms with Gasteiger partial charge in [-0.3, -0.25) is 4.79 Å². The van der Waals surface area contributed by atoms with E-state index in [-0.39, 0.29) is 17.3 Å². The number of methoxy groups -OCH3 is 1. The summed E-state index contributed by atoms with van der Waals surface area (Å²) in [7, 11) is -2.07. The molecule has 1 aliphatic heterocycles. The van der Waals surface area contributed by atoms with Gasteiger partial charge in [0.15, 0.2) is 0 Å². The molecule has 0 fully saturated rings. The van der Waals surface area contributed by atoms with Crippen molar-refractivity contribution in [2.75, 3.05) is 18.6 Å². The second kappa shape index (κ2) is 7.47. The standard InChI is InChI=1S/C19H22N2O4S/c1-3-19(22)21-10-9-15-12-17(7-8-18(15)21)26(23,24)20-13-14-5-4-6-16(11-14)25-2/h4-8,11-12,20H,3,9-10,13H2,1-2H3. The van der Waals surface area contributed by atoms with Crippen molar-refractivity contribution < 1.29 is 17.9 Å². The lowest BCUT2D eigenvalue weighted by Gasteiger charge is -2.16. The van der Waals surface area contributed by atoms with E-state index < -0.39 is 10.0 Å². The van der Waals surface area contributed by atoms with E-state index in [0.717, 1.165) is 16.8 Å². The van der Waals surface area contributed by atoms with Gasteiger partial charge < -0.3 is 9.64 Å². The SMILES string of the molecule is CCC(=O)N1CCc2cc(S(=O)(=O)NCc3cccc(OC)c3)ccc21. The minimum Gasteiger partial charge on any atom is -0.497 e. The van der Waals surface area contributed by atoms with E-state index in [1.165, 1.54) is 0 Å². The molecule has 6 nitrogen and oxygen atoms in total. The fourth-order valence-corrected chi connectivity index (χ4v) is 4.11. The van der Waals surface area contributed by atoms with E-state index in [1.54, 1.807) is 36.3 Å². The lowest BCUT2D eigenvalue weighted by molar-refractivity contribution is -0.118. The van der Waals surface area contributed by atoms with E-state index in [0.29, 0.717) is 25.1 Å². The zero-order chi connectivity index (χ0) is 18.7. The number of hydrogen-bond donors (Lipinski definition) is 1. The molecular weight excluding hydrogens is 352 g/mol. The smallest absolute Gasteiger partial charge is 0.240 e. The molecule has 138 valence electrons. The van der Waals surface area contributed by atoms with E-state index in [9.17, 15) is 13.2 Å². The van der Waals surface area contributed by atoms with Crippen LogP contribution in [0.15, 0.2) is 47.4 Å². The van der Waals surface area contributed by atoms with Crippen LogP contribution in [0.3, 0.4) is 0 Å². The van der Waals surface area contributed by atoms with Crippen molar-refractivity contribution in [3.63, 3.8) is 0 Å². The third-order valence-electron chi connectivity index (χ3n) is 4.46. The van der Waals surface area contributed by atoms with Crippen LogP contribution in [0.5, 0.6) is 5.75 Å². The number of hydrogen-bond acceptors (Lipinski definition) is 4. The van der Waals surface area contributed by atoms with E-state index in [2.05, 4.69) is 4.72 Å². The summed E-state index contributed by atoms with van der Waals surface area (Å²) in [6.07, 6.45) is 1.10. The van der Waals surface area contributed by atoms with Crippen LogP contribution in [0.2, 0.25) is 0 Å². The molecule has 0 aliphatic carbocycles. The van der Waals surface area contributed by atoms with Crippen molar-refractivity contribution in [2.45, 2.75) is 31.2 Å². The van der Waals surface area contributed by atoms with Crippen LogP contribution < -0.4 is 14.4 Å². The van der Waals surface area contributed by atoms with Gasteiger partial charge in [0.25, 0.3) is 0 Å². The minimum atomic E-state index is -3.64. The number of fused-ring (bicyclic) bond motifs is 1. The minimum absolute atomic E-state index is 0.0514. The van der Waals surface area contributed by atoms with Crippen molar-refractivity contribution in [2.24, 2.45) is 0 Å². The number of nitrogens with one attached hydrogen (secondary N) is 1. The molecule has 0 unspecified atom stereocenters. The molecule has 2 aromatic rings. The highest BCUT2D eigenvalue weighted by Crippen LogP contribution is 2.30. The van der Waals surface area contributed by atoms with E-state index in [4.69, 9.17) is 4.74 Å². The number of anilines is 1. The monoisotopic (exact) mass is 374 g/mol. The lowest BCUT2D eigenvalue weighted by atomic mass is 10.2. The Bertz CT molecular complexity index is 925. The van der Waals surface area contributed by atoms with Gasteiger partial charge in [-0.05, 0) is 47.9 Å². The van der Waals surface area contributed by atoms with E-state index >= 15 is 0 Å². The number of ether oxygens (including phenoxy) is 1. The zero-order valence-electron chi connectivity index (χ0n) is 14.9. The van der Waals surface area contributed by atoms with Gasteiger partial charge in [0.05, 0.1) is 12.0 Å². The first-order chi connectivity index (χ1) is 12.4. The van der Waals surface area contributed by atoms with Gasteiger partial charge in [0, 0.05) is 25.2 Å². The molecule has 0 bridgehead atoms. The maximum absolute atomic E-state index is 12.6. The molecule has 0 saturated heterocycles. The molecule has 1 N–H and O–H groups in total. The van der Waals surface area contributed by atoms with Crippen LogP contribution in [-0.2, 0) is 27.8 Å². The summed E-state index contributed by atoms with van der Waals surface area (Å²) in [5.74, 6) is 0.732. The Kier molecular flexibility index (Phi) is 5.29. The van der Waals surface area contributed by atoms with Crippen molar-refractivity contribution in [1.29, 1.82) is 0 Å². The Morgan fingerprint density at radius 3 is 2.77 bits per heavy atom. The van der Waals surface area contributed by atoms with Crippen molar-refractivity contribution in [3.8, 4) is 5.75 Å². The Labute approximate surface area is 153 Å². The van der Waals surface area contributed by atoms with Crippen LogP contribution in [0.4, 0.5) is 5.69 Å². The van der Waals surface area contributed by atoms with Gasteiger partial charge in [-0.25, -0.2) is 13.1 Å². The lowest BCUT2D eigenvalue weighted by Crippen LogP contribution is -2.27. The Balaban J connectivity index is 1.77. The highest BCUT2D eigenvalue weighted by Gasteiger charge is 2.25. The predicted molar refractivity (Wildman–Crippen MR) is 99.8 cm³/mol. The second-order valence-corrected chi connectivity index (χ2v) is 7.88. The zero-order valence-corrected chi connectivity index (χ0v) is 15.7. The van der Waals surface area contributed by atoms with Crippen LogP contribution in [0.25, 0.3) is 0 Å². The maximum atomic E-state index is 12.6. The van der Waals surface area contributed by atoms with Crippen molar-refractivity contribution in [3.05, 3.63) is 53.6 Å². The quantitative estimate of drug-likeness (QED) is 0.843. The number of benzene rings is 2. The van der Waals surface area contributed by atoms with Gasteiger partial charge in [-0.2, -0.15) is 0 Å². The van der Waals surface area contributed by atoms with Gasteiger partial charge in [-0.1, -0.05) is 19.1 Å². The normalized spacial score (nSPS) is 13.5. The molecule has 0 spiro atoms. The van der Waals surface area contributed by atoms with E-state index in [1.807, 2.05) is 25.1 Å². The Morgan fingerprint density at radius 1 is 1.23 bits per heavy atom. The van der Waals surface area contributed by atoms with Crippen LogP contribution >= 0.6 is 0 Å². The first-order valence-corrected chi connectivity index (χ1v) is 9.99. The Morgan fingerprint density at radius 2 is 2.04 bits per heavy atom. The average molecular weight is 374 g/mol. The largest absolute Gasteiger partial charge is 0.497 e. The third-order valence-corrected chi connectivity index (χ3v) is 5.86. The second-order valence-electron chi connectivity index (χ2n) is 6.12. The fraction of sp³-hybridized carbons (Fsp3) is 0.316. The molecule has 26 heavy (non-hydrogen) atoms. The molecule has 0 atom stereocenters. The summed E-state index contributed by atoms with van der Waals surface area (Å²) in [4.78, 5) is 13.9. The number of rotatable bonds is 6. The summed E-state index contributed by atoms with van der Waals surface area (Å²) >= 11 is 0. The topological polar surface area (TPSA) is 75.7 Å². The van der Waals surface area contributed by atoms with Crippen LogP contribution in [-0.4, -0.2) is 28.0 Å². The van der Waals surface area contributed by atoms with Crippen molar-refractivity contribution >= 4 is 21.6 Å². The van der Waals surface area contributed by atoms with Crippen molar-refractivity contribution in [1.82, 2.24) is 4.72 Å². The first kappa shape index (κ1) is 18.4. The molecule has 3 rings (SSSR count). The summed E-state index contributed by atoms with van der Waals surface area (Å²) in [5, 5.41) is 0. The summed E-state index contributed by atoms with van der Waals surface area (Å²) in [6.45, 7) is 2.60. The number of nitrogens with zero attached hydrogens (tertiary/aromatic N) is 1. The van der Waals surface area contributed by atoms with Crippen LogP contribution in [0, 0.1) is 0 Å².